The van der Waals surface area contributed by atoms with Gasteiger partial charge in [-0.1, -0.05) is 20.3 Å². The van der Waals surface area contributed by atoms with Crippen molar-refractivity contribution in [1.29, 1.82) is 0 Å². The van der Waals surface area contributed by atoms with Crippen molar-refractivity contribution in [3.05, 3.63) is 0 Å². The molecular formula is C15H33IN4. The average Bonchev–Trinajstić information content (AvgIpc) is 2.37. The van der Waals surface area contributed by atoms with E-state index in [0.717, 1.165) is 25.4 Å². The first kappa shape index (κ1) is 20.0. The summed E-state index contributed by atoms with van der Waals surface area (Å²) < 4.78 is 0. The van der Waals surface area contributed by atoms with Crippen LogP contribution in [0, 0.1) is 5.92 Å². The van der Waals surface area contributed by atoms with Gasteiger partial charge in [0.2, 0.25) is 0 Å². The fourth-order valence-electron chi connectivity index (χ4n) is 2.57. The summed E-state index contributed by atoms with van der Waals surface area (Å²) in [5.41, 5.74) is 6.00. The summed E-state index contributed by atoms with van der Waals surface area (Å²) in [5.74, 6) is 1.39. The summed E-state index contributed by atoms with van der Waals surface area (Å²) in [4.78, 5) is 7.07. The molecule has 1 aliphatic heterocycles. The minimum atomic E-state index is 0. The second-order valence-electron chi connectivity index (χ2n) is 6.49. The van der Waals surface area contributed by atoms with Gasteiger partial charge in [0.15, 0.2) is 5.96 Å². The summed E-state index contributed by atoms with van der Waals surface area (Å²) >= 11 is 0. The maximum atomic E-state index is 5.90. The van der Waals surface area contributed by atoms with Gasteiger partial charge in [-0.25, -0.2) is 0 Å². The quantitative estimate of drug-likeness (QED) is 0.314. The molecule has 20 heavy (non-hydrogen) atoms. The van der Waals surface area contributed by atoms with E-state index >= 15 is 0 Å². The number of guanidine groups is 1. The minimum absolute atomic E-state index is 0. The van der Waals surface area contributed by atoms with Crippen molar-refractivity contribution in [2.24, 2.45) is 16.6 Å². The van der Waals surface area contributed by atoms with E-state index in [1.165, 1.54) is 32.4 Å². The number of hydrogen-bond donors (Lipinski definition) is 2. The molecule has 0 spiro atoms. The van der Waals surface area contributed by atoms with Crippen molar-refractivity contribution in [2.45, 2.75) is 58.9 Å². The Kier molecular flexibility index (Phi) is 9.80. The molecule has 120 valence electrons. The zero-order valence-electron chi connectivity index (χ0n) is 13.6. The summed E-state index contributed by atoms with van der Waals surface area (Å²) in [6.45, 7) is 13.1. The fourth-order valence-corrected chi connectivity index (χ4v) is 2.57. The highest BCUT2D eigenvalue weighted by atomic mass is 127. The third kappa shape index (κ3) is 7.11. The van der Waals surface area contributed by atoms with Crippen LogP contribution in [0.3, 0.4) is 0 Å². The number of nitrogens with two attached hydrogens (primary N) is 1. The Hall–Kier alpha value is -0.0400. The number of nitrogens with one attached hydrogen (secondary N) is 1. The molecule has 0 aromatic rings. The molecule has 1 aliphatic rings. The van der Waals surface area contributed by atoms with E-state index in [-0.39, 0.29) is 29.5 Å². The lowest BCUT2D eigenvalue weighted by Crippen LogP contribution is -2.51. The zero-order valence-corrected chi connectivity index (χ0v) is 15.9. The zero-order chi connectivity index (χ0) is 14.3. The molecule has 5 heteroatoms. The van der Waals surface area contributed by atoms with Gasteiger partial charge in [0, 0.05) is 18.6 Å². The highest BCUT2D eigenvalue weighted by Crippen LogP contribution is 2.23. The second kappa shape index (κ2) is 9.82. The summed E-state index contributed by atoms with van der Waals surface area (Å²) in [6, 6.07) is 0. The van der Waals surface area contributed by atoms with Gasteiger partial charge < -0.3 is 11.1 Å². The lowest BCUT2D eigenvalue weighted by atomic mass is 9.94. The van der Waals surface area contributed by atoms with Crippen LogP contribution in [-0.4, -0.2) is 42.6 Å². The van der Waals surface area contributed by atoms with Gasteiger partial charge >= 0.3 is 0 Å². The third-order valence-electron chi connectivity index (χ3n) is 3.99. The number of halogens is 1. The smallest absolute Gasteiger partial charge is 0.188 e. The van der Waals surface area contributed by atoms with Gasteiger partial charge in [0.25, 0.3) is 0 Å². The average molecular weight is 396 g/mol. The van der Waals surface area contributed by atoms with Crippen molar-refractivity contribution >= 4 is 29.9 Å². The van der Waals surface area contributed by atoms with Crippen LogP contribution < -0.4 is 11.1 Å². The lowest BCUT2D eigenvalue weighted by molar-refractivity contribution is 0.0775. The van der Waals surface area contributed by atoms with Crippen LogP contribution in [0.15, 0.2) is 4.99 Å². The van der Waals surface area contributed by atoms with Gasteiger partial charge in [-0.2, -0.15) is 0 Å². The molecule has 0 radical (unpaired) electrons. The van der Waals surface area contributed by atoms with Crippen molar-refractivity contribution in [3.63, 3.8) is 0 Å². The first-order valence-corrected chi connectivity index (χ1v) is 7.74. The predicted octanol–water partition coefficient (Wildman–Crippen LogP) is 2.82. The second-order valence-corrected chi connectivity index (χ2v) is 6.49. The molecule has 0 saturated carbocycles. The lowest BCUT2D eigenvalue weighted by Gasteiger charge is -2.42. The minimum Gasteiger partial charge on any atom is -0.370 e. The standard InChI is InChI=1S/C15H32N4.HI/c1-5-6-9-17-14(16)18-12-15(3,4)19-10-7-8-13(2)11-19;/h13H,5-12H2,1-4H3,(H3,16,17,18);1H. The number of piperidine rings is 1. The van der Waals surface area contributed by atoms with Gasteiger partial charge in [0.1, 0.15) is 0 Å². The van der Waals surface area contributed by atoms with Crippen LogP contribution in [-0.2, 0) is 0 Å². The molecule has 4 nitrogen and oxygen atoms in total. The molecule has 0 aromatic heterocycles. The number of likely N-dealkylation sites (tertiary alicyclic amines) is 1. The van der Waals surface area contributed by atoms with Gasteiger partial charge in [0.05, 0.1) is 6.54 Å². The summed E-state index contributed by atoms with van der Waals surface area (Å²) in [5, 5.41) is 3.18. The first-order valence-electron chi connectivity index (χ1n) is 7.74. The Morgan fingerprint density at radius 1 is 1.45 bits per heavy atom. The predicted molar refractivity (Wildman–Crippen MR) is 98.9 cm³/mol. The topological polar surface area (TPSA) is 53.6 Å². The third-order valence-corrected chi connectivity index (χ3v) is 3.99. The van der Waals surface area contributed by atoms with E-state index in [2.05, 4.69) is 42.9 Å². The molecule has 1 rings (SSSR count). The molecule has 1 fully saturated rings. The Morgan fingerprint density at radius 3 is 2.75 bits per heavy atom. The molecule has 1 atom stereocenters. The monoisotopic (exact) mass is 396 g/mol. The van der Waals surface area contributed by atoms with E-state index < -0.39 is 0 Å². The molecule has 3 N–H and O–H groups in total. The largest absolute Gasteiger partial charge is 0.370 e. The molecule has 1 saturated heterocycles. The Labute approximate surface area is 142 Å². The number of unbranched alkanes of at least 4 members (excludes halogenated alkanes) is 1. The van der Waals surface area contributed by atoms with E-state index in [4.69, 9.17) is 5.73 Å². The van der Waals surface area contributed by atoms with E-state index in [9.17, 15) is 0 Å². The van der Waals surface area contributed by atoms with Crippen molar-refractivity contribution in [1.82, 2.24) is 10.2 Å². The Morgan fingerprint density at radius 2 is 2.15 bits per heavy atom. The van der Waals surface area contributed by atoms with Crippen molar-refractivity contribution < 1.29 is 0 Å². The molecule has 1 unspecified atom stereocenters. The number of rotatable bonds is 6. The molecule has 0 amide bonds. The van der Waals surface area contributed by atoms with Crippen LogP contribution in [0.1, 0.15) is 53.4 Å². The van der Waals surface area contributed by atoms with E-state index in [1.807, 2.05) is 0 Å². The summed E-state index contributed by atoms with van der Waals surface area (Å²) in [6.07, 6.45) is 4.98. The van der Waals surface area contributed by atoms with Gasteiger partial charge in [-0.3, -0.25) is 9.89 Å². The number of aliphatic imine (C=N–C) groups is 1. The fraction of sp³-hybridized carbons (Fsp3) is 0.933. The molecular weight excluding hydrogens is 363 g/mol. The van der Waals surface area contributed by atoms with E-state index in [1.54, 1.807) is 0 Å². The molecule has 1 heterocycles. The van der Waals surface area contributed by atoms with Gasteiger partial charge in [-0.15, -0.1) is 24.0 Å². The van der Waals surface area contributed by atoms with Crippen LogP contribution in [0.25, 0.3) is 0 Å². The van der Waals surface area contributed by atoms with Gasteiger partial charge in [-0.05, 0) is 45.6 Å². The Balaban J connectivity index is 0.00000361. The first-order chi connectivity index (χ1) is 8.95. The van der Waals surface area contributed by atoms with Crippen LogP contribution in [0.4, 0.5) is 0 Å². The van der Waals surface area contributed by atoms with Crippen LogP contribution >= 0.6 is 24.0 Å². The number of hydrogen-bond acceptors (Lipinski definition) is 2. The van der Waals surface area contributed by atoms with E-state index in [0.29, 0.717) is 5.96 Å². The SMILES string of the molecule is CCCCNC(N)=NCC(C)(C)N1CCCC(C)C1.I. The molecule has 0 bridgehead atoms. The van der Waals surface area contributed by atoms with Crippen LogP contribution in [0.2, 0.25) is 0 Å². The maximum Gasteiger partial charge on any atom is 0.188 e. The van der Waals surface area contributed by atoms with Crippen molar-refractivity contribution in [2.75, 3.05) is 26.2 Å². The summed E-state index contributed by atoms with van der Waals surface area (Å²) in [7, 11) is 0. The number of nitrogens with zero attached hydrogens (tertiary/aromatic N) is 2. The van der Waals surface area contributed by atoms with Crippen LogP contribution in [0.5, 0.6) is 0 Å². The highest BCUT2D eigenvalue weighted by Gasteiger charge is 2.29. The Bertz CT molecular complexity index is 292. The molecule has 0 aliphatic carbocycles. The normalized spacial score (nSPS) is 21.4. The molecule has 0 aromatic carbocycles. The van der Waals surface area contributed by atoms with Crippen molar-refractivity contribution in [3.8, 4) is 0 Å². The highest BCUT2D eigenvalue weighted by molar-refractivity contribution is 14.0. The maximum absolute atomic E-state index is 5.90.